The number of thiazole rings is 1. The Balaban J connectivity index is 2.00. The highest BCUT2D eigenvalue weighted by atomic mass is 32.1. The molecule has 124 valence electrons. The van der Waals surface area contributed by atoms with Crippen LogP contribution >= 0.6 is 11.3 Å². The van der Waals surface area contributed by atoms with Gasteiger partial charge in [0, 0.05) is 29.4 Å². The van der Waals surface area contributed by atoms with Crippen molar-refractivity contribution >= 4 is 17.3 Å². The molecule has 0 bridgehead atoms. The van der Waals surface area contributed by atoms with Crippen LogP contribution in [0.5, 0.6) is 5.88 Å². The smallest absolute Gasteiger partial charge is 0.218 e. The molecule has 2 aromatic heterocycles. The maximum Gasteiger partial charge on any atom is 0.218 e. The minimum atomic E-state index is 0.509. The number of aryl methyl sites for hydroxylation is 1. The van der Waals surface area contributed by atoms with Gasteiger partial charge in [-0.15, -0.1) is 11.3 Å². The van der Waals surface area contributed by atoms with Crippen molar-refractivity contribution in [1.82, 2.24) is 20.6 Å². The highest BCUT2D eigenvalue weighted by Gasteiger charge is 2.05. The van der Waals surface area contributed by atoms with Crippen LogP contribution in [-0.4, -0.2) is 29.1 Å². The van der Waals surface area contributed by atoms with E-state index in [9.17, 15) is 0 Å². The van der Waals surface area contributed by atoms with Crippen LogP contribution in [-0.2, 0) is 13.1 Å². The lowest BCUT2D eigenvalue weighted by Crippen LogP contribution is -2.36. The van der Waals surface area contributed by atoms with Crippen LogP contribution in [0, 0.1) is 6.92 Å². The molecular formula is C16H23N5OS. The molecule has 2 N–H and O–H groups in total. The van der Waals surface area contributed by atoms with Crippen LogP contribution in [0.3, 0.4) is 0 Å². The second-order valence-corrected chi connectivity index (χ2v) is 6.13. The predicted octanol–water partition coefficient (Wildman–Crippen LogP) is 2.50. The molecular weight excluding hydrogens is 310 g/mol. The second-order valence-electron chi connectivity index (χ2n) is 4.81. The summed E-state index contributed by atoms with van der Waals surface area (Å²) in [6, 6.07) is 3.88. The van der Waals surface area contributed by atoms with Gasteiger partial charge in [-0.25, -0.2) is 15.0 Å². The van der Waals surface area contributed by atoms with Crippen LogP contribution in [0.4, 0.5) is 0 Å². The minimum absolute atomic E-state index is 0.509. The number of nitrogens with one attached hydrogen (secondary N) is 2. The number of ether oxygens (including phenoxy) is 1. The topological polar surface area (TPSA) is 71.4 Å². The summed E-state index contributed by atoms with van der Waals surface area (Å²) in [5.41, 5.74) is 0.969. The summed E-state index contributed by atoms with van der Waals surface area (Å²) in [7, 11) is 0. The van der Waals surface area contributed by atoms with Crippen molar-refractivity contribution in [1.29, 1.82) is 0 Å². The van der Waals surface area contributed by atoms with Crippen molar-refractivity contribution < 1.29 is 4.74 Å². The summed E-state index contributed by atoms with van der Waals surface area (Å²) in [6.07, 6.45) is 3.61. The van der Waals surface area contributed by atoms with E-state index in [4.69, 9.17) is 4.74 Å². The standard InChI is InChI=1S/C16H23N5OS/c1-4-17-16(21-11-14-19-9-12(3)23-14)20-10-13-7-6-8-18-15(13)22-5-2/h6-9H,4-5,10-11H2,1-3H3,(H2,17,20,21). The molecule has 0 unspecified atom stereocenters. The van der Waals surface area contributed by atoms with Crippen molar-refractivity contribution in [3.05, 3.63) is 40.0 Å². The molecule has 0 amide bonds. The largest absolute Gasteiger partial charge is 0.478 e. The molecule has 0 saturated carbocycles. The number of nitrogens with zero attached hydrogens (tertiary/aromatic N) is 3. The lowest BCUT2D eigenvalue weighted by atomic mass is 10.3. The van der Waals surface area contributed by atoms with Crippen molar-refractivity contribution in [2.75, 3.05) is 13.2 Å². The van der Waals surface area contributed by atoms with E-state index in [1.807, 2.05) is 32.2 Å². The molecule has 2 heterocycles. The maximum absolute atomic E-state index is 5.53. The molecule has 0 aliphatic heterocycles. The molecule has 6 nitrogen and oxygen atoms in total. The van der Waals surface area contributed by atoms with E-state index >= 15 is 0 Å². The van der Waals surface area contributed by atoms with Crippen LogP contribution in [0.1, 0.15) is 29.3 Å². The number of guanidine groups is 1. The Kier molecular flexibility index (Phi) is 6.80. The summed E-state index contributed by atoms with van der Waals surface area (Å²) in [5, 5.41) is 7.58. The third-order valence-electron chi connectivity index (χ3n) is 2.96. The average molecular weight is 333 g/mol. The average Bonchev–Trinajstić information content (AvgIpc) is 2.97. The number of rotatable bonds is 7. The minimum Gasteiger partial charge on any atom is -0.478 e. The fourth-order valence-corrected chi connectivity index (χ4v) is 2.69. The zero-order chi connectivity index (χ0) is 16.5. The molecule has 23 heavy (non-hydrogen) atoms. The zero-order valence-corrected chi connectivity index (χ0v) is 14.6. The predicted molar refractivity (Wildman–Crippen MR) is 93.9 cm³/mol. The van der Waals surface area contributed by atoms with Gasteiger partial charge < -0.3 is 15.4 Å². The summed E-state index contributed by atoms with van der Waals surface area (Å²) in [4.78, 5) is 14.4. The highest BCUT2D eigenvalue weighted by Crippen LogP contribution is 2.15. The van der Waals surface area contributed by atoms with E-state index in [1.165, 1.54) is 4.88 Å². The van der Waals surface area contributed by atoms with E-state index < -0.39 is 0 Å². The lowest BCUT2D eigenvalue weighted by molar-refractivity contribution is 0.323. The Morgan fingerprint density at radius 1 is 1.30 bits per heavy atom. The van der Waals surface area contributed by atoms with Crippen molar-refractivity contribution in [2.45, 2.75) is 33.9 Å². The Morgan fingerprint density at radius 2 is 2.17 bits per heavy atom. The zero-order valence-electron chi connectivity index (χ0n) is 13.8. The van der Waals surface area contributed by atoms with Gasteiger partial charge in [0.25, 0.3) is 0 Å². The first-order valence-corrected chi connectivity index (χ1v) is 8.54. The first-order chi connectivity index (χ1) is 11.2. The molecule has 2 rings (SSSR count). The van der Waals surface area contributed by atoms with Crippen molar-refractivity contribution in [2.24, 2.45) is 4.99 Å². The Morgan fingerprint density at radius 3 is 2.87 bits per heavy atom. The first-order valence-electron chi connectivity index (χ1n) is 7.73. The van der Waals surface area contributed by atoms with E-state index in [1.54, 1.807) is 17.5 Å². The van der Waals surface area contributed by atoms with E-state index in [-0.39, 0.29) is 0 Å². The quantitative estimate of drug-likeness (QED) is 0.602. The van der Waals surface area contributed by atoms with Gasteiger partial charge in [-0.05, 0) is 26.8 Å². The van der Waals surface area contributed by atoms with Gasteiger partial charge in [0.05, 0.1) is 19.7 Å². The van der Waals surface area contributed by atoms with Crippen LogP contribution in [0.15, 0.2) is 29.5 Å². The Bertz CT molecular complexity index is 641. The monoisotopic (exact) mass is 333 g/mol. The number of pyridine rings is 1. The van der Waals surface area contributed by atoms with Crippen LogP contribution < -0.4 is 15.4 Å². The van der Waals surface area contributed by atoms with Gasteiger partial charge in [-0.3, -0.25) is 0 Å². The second kappa shape index (κ2) is 9.09. The Labute approximate surface area is 141 Å². The van der Waals surface area contributed by atoms with Crippen molar-refractivity contribution in [3.63, 3.8) is 0 Å². The molecule has 0 aliphatic rings. The molecule has 0 atom stereocenters. The summed E-state index contributed by atoms with van der Waals surface area (Å²) in [6.45, 7) is 8.61. The number of hydrogen-bond donors (Lipinski definition) is 2. The molecule has 0 aromatic carbocycles. The highest BCUT2D eigenvalue weighted by molar-refractivity contribution is 7.11. The number of aliphatic imine (C=N–C) groups is 1. The first kappa shape index (κ1) is 17.2. The van der Waals surface area contributed by atoms with Crippen LogP contribution in [0.2, 0.25) is 0 Å². The van der Waals surface area contributed by atoms with E-state index in [2.05, 4.69) is 32.5 Å². The third kappa shape index (κ3) is 5.52. The van der Waals surface area contributed by atoms with E-state index in [0.29, 0.717) is 25.6 Å². The number of hydrogen-bond acceptors (Lipinski definition) is 5. The molecule has 7 heteroatoms. The number of aromatic nitrogens is 2. The molecule has 0 radical (unpaired) electrons. The molecule has 0 saturated heterocycles. The lowest BCUT2D eigenvalue weighted by Gasteiger charge is -2.11. The fraction of sp³-hybridized carbons (Fsp3) is 0.438. The maximum atomic E-state index is 5.53. The van der Waals surface area contributed by atoms with Crippen molar-refractivity contribution in [3.8, 4) is 5.88 Å². The summed E-state index contributed by atoms with van der Waals surface area (Å²) in [5.74, 6) is 1.40. The SMILES string of the molecule is CCNC(=NCc1cccnc1OCC)NCc1ncc(C)s1. The summed E-state index contributed by atoms with van der Waals surface area (Å²) < 4.78 is 5.53. The summed E-state index contributed by atoms with van der Waals surface area (Å²) >= 11 is 1.68. The third-order valence-corrected chi connectivity index (χ3v) is 3.87. The fourth-order valence-electron chi connectivity index (χ4n) is 1.96. The van der Waals surface area contributed by atoms with Gasteiger partial charge >= 0.3 is 0 Å². The van der Waals surface area contributed by atoms with Gasteiger partial charge in [0.1, 0.15) is 5.01 Å². The molecule has 0 aliphatic carbocycles. The van der Waals surface area contributed by atoms with Crippen LogP contribution in [0.25, 0.3) is 0 Å². The molecule has 0 spiro atoms. The molecule has 2 aromatic rings. The molecule has 0 fully saturated rings. The normalized spacial score (nSPS) is 11.3. The van der Waals surface area contributed by atoms with E-state index in [0.717, 1.165) is 23.1 Å². The van der Waals surface area contributed by atoms with Gasteiger partial charge in [-0.1, -0.05) is 6.07 Å². The van der Waals surface area contributed by atoms with Gasteiger partial charge in [-0.2, -0.15) is 0 Å². The van der Waals surface area contributed by atoms with Gasteiger partial charge in [0.2, 0.25) is 5.88 Å². The Hall–Kier alpha value is -2.15. The van der Waals surface area contributed by atoms with Gasteiger partial charge in [0.15, 0.2) is 5.96 Å².